The number of carbonyl (C=O) groups is 1. The molecule has 2 aliphatic rings. The first-order valence-corrected chi connectivity index (χ1v) is 13.6. The Morgan fingerprint density at radius 3 is 2.32 bits per heavy atom. The lowest BCUT2D eigenvalue weighted by atomic mass is 10.1. The van der Waals surface area contributed by atoms with E-state index < -0.39 is 10.0 Å². The molecule has 0 spiro atoms. The fourth-order valence-electron chi connectivity index (χ4n) is 4.78. The van der Waals surface area contributed by atoms with E-state index in [4.69, 9.17) is 4.74 Å². The zero-order valence-corrected chi connectivity index (χ0v) is 20.8. The number of likely N-dealkylation sites (tertiary alicyclic amines) is 1. The van der Waals surface area contributed by atoms with Gasteiger partial charge < -0.3 is 10.1 Å². The van der Waals surface area contributed by atoms with Crippen molar-refractivity contribution in [3.05, 3.63) is 59.2 Å². The summed E-state index contributed by atoms with van der Waals surface area (Å²) in [6, 6.07) is 13.2. The van der Waals surface area contributed by atoms with Crippen LogP contribution in [0, 0.1) is 0 Å². The third-order valence-electron chi connectivity index (χ3n) is 6.76. The molecule has 0 unspecified atom stereocenters. The number of hydrogen-bond acceptors (Lipinski definition) is 5. The maximum absolute atomic E-state index is 12.9. The van der Waals surface area contributed by atoms with Gasteiger partial charge in [-0.1, -0.05) is 24.3 Å². The molecule has 0 atom stereocenters. The highest BCUT2D eigenvalue weighted by atomic mass is 32.2. The van der Waals surface area contributed by atoms with E-state index in [9.17, 15) is 13.2 Å². The van der Waals surface area contributed by atoms with Crippen LogP contribution in [0.1, 0.15) is 48.8 Å². The van der Waals surface area contributed by atoms with Gasteiger partial charge in [0.15, 0.2) is 0 Å². The van der Waals surface area contributed by atoms with E-state index in [0.29, 0.717) is 31.8 Å². The molecular formula is C26H35N3O4S. The minimum absolute atomic E-state index is 0.0640. The topological polar surface area (TPSA) is 79.0 Å². The zero-order chi connectivity index (χ0) is 24.0. The van der Waals surface area contributed by atoms with Crippen LogP contribution in [0.4, 0.5) is 0 Å². The van der Waals surface area contributed by atoms with Crippen LogP contribution in [0.3, 0.4) is 0 Å². The third-order valence-corrected chi connectivity index (χ3v) is 8.66. The smallest absolute Gasteiger partial charge is 0.243 e. The van der Waals surface area contributed by atoms with E-state index in [1.807, 2.05) is 12.1 Å². The van der Waals surface area contributed by atoms with Gasteiger partial charge in [-0.15, -0.1) is 0 Å². The molecule has 8 heteroatoms. The average molecular weight is 486 g/mol. The first kappa shape index (κ1) is 24.7. The molecule has 0 aliphatic carbocycles. The molecule has 1 amide bonds. The number of hydrogen-bond donors (Lipinski definition) is 1. The Morgan fingerprint density at radius 1 is 0.941 bits per heavy atom. The number of nitrogens with one attached hydrogen (secondary N) is 1. The number of amides is 1. The Balaban J connectivity index is 1.36. The number of aryl methyl sites for hydroxylation is 1. The van der Waals surface area contributed by atoms with Crippen LogP contribution in [0.5, 0.6) is 5.75 Å². The summed E-state index contributed by atoms with van der Waals surface area (Å²) in [6.45, 7) is 4.80. The Morgan fingerprint density at radius 2 is 1.62 bits per heavy atom. The first-order valence-electron chi connectivity index (χ1n) is 12.2. The highest BCUT2D eigenvalue weighted by molar-refractivity contribution is 7.89. The standard InChI is InChI=1S/C26H35N3O4S/c1-33-25-12-11-24(34(31,32)29-16-6-7-17-29)18-21(25)10-13-26(30)27-19-22-8-2-3-9-23(22)20-28-14-4-5-15-28/h2-3,8-9,11-12,18H,4-7,10,13-17,19-20H2,1H3,(H,27,30). The number of nitrogens with zero attached hydrogens (tertiary/aromatic N) is 2. The first-order chi connectivity index (χ1) is 16.5. The normalized spacial score (nSPS) is 17.2. The van der Waals surface area contributed by atoms with Crippen molar-refractivity contribution in [2.75, 3.05) is 33.3 Å². The second-order valence-electron chi connectivity index (χ2n) is 9.11. The molecule has 2 heterocycles. The molecule has 0 saturated carbocycles. The summed E-state index contributed by atoms with van der Waals surface area (Å²) in [5.74, 6) is 0.537. The van der Waals surface area contributed by atoms with Crippen molar-refractivity contribution in [1.82, 2.24) is 14.5 Å². The van der Waals surface area contributed by atoms with E-state index in [2.05, 4.69) is 22.3 Å². The quantitative estimate of drug-likeness (QED) is 0.559. The number of sulfonamides is 1. The lowest BCUT2D eigenvalue weighted by molar-refractivity contribution is -0.121. The zero-order valence-electron chi connectivity index (χ0n) is 20.0. The summed E-state index contributed by atoms with van der Waals surface area (Å²) >= 11 is 0. The lowest BCUT2D eigenvalue weighted by Gasteiger charge is -2.18. The van der Waals surface area contributed by atoms with E-state index in [1.54, 1.807) is 25.3 Å². The Bertz CT molecular complexity index is 1090. The predicted molar refractivity (Wildman–Crippen MR) is 132 cm³/mol. The van der Waals surface area contributed by atoms with Gasteiger partial charge in [0.25, 0.3) is 0 Å². The summed E-state index contributed by atoms with van der Waals surface area (Å²) in [7, 11) is -1.95. The molecule has 2 fully saturated rings. The fraction of sp³-hybridized carbons (Fsp3) is 0.500. The SMILES string of the molecule is COc1ccc(S(=O)(=O)N2CCCC2)cc1CCC(=O)NCc1ccccc1CN1CCCC1. The molecule has 34 heavy (non-hydrogen) atoms. The van der Waals surface area contributed by atoms with Crippen molar-refractivity contribution in [1.29, 1.82) is 0 Å². The van der Waals surface area contributed by atoms with E-state index >= 15 is 0 Å². The third kappa shape index (κ3) is 5.98. The molecule has 4 rings (SSSR count). The number of ether oxygens (including phenoxy) is 1. The van der Waals surface area contributed by atoms with Crippen molar-refractivity contribution < 1.29 is 17.9 Å². The van der Waals surface area contributed by atoms with Gasteiger partial charge >= 0.3 is 0 Å². The highest BCUT2D eigenvalue weighted by Gasteiger charge is 2.27. The summed E-state index contributed by atoms with van der Waals surface area (Å²) < 4.78 is 32.9. The lowest BCUT2D eigenvalue weighted by Crippen LogP contribution is -2.28. The van der Waals surface area contributed by atoms with Crippen LogP contribution in [0.2, 0.25) is 0 Å². The molecule has 0 bridgehead atoms. The Hall–Kier alpha value is -2.42. The number of benzene rings is 2. The molecule has 7 nitrogen and oxygen atoms in total. The van der Waals surface area contributed by atoms with Crippen LogP contribution in [-0.2, 0) is 34.3 Å². The van der Waals surface area contributed by atoms with Gasteiger partial charge in [-0.2, -0.15) is 4.31 Å². The van der Waals surface area contributed by atoms with E-state index in [0.717, 1.165) is 43.6 Å². The van der Waals surface area contributed by atoms with Crippen molar-refractivity contribution in [3.8, 4) is 5.75 Å². The Labute approximate surface area is 203 Å². The van der Waals surface area contributed by atoms with Gasteiger partial charge in [0.1, 0.15) is 5.75 Å². The number of methoxy groups -OCH3 is 1. The second kappa shape index (κ2) is 11.3. The van der Waals surface area contributed by atoms with Crippen molar-refractivity contribution in [2.24, 2.45) is 0 Å². The van der Waals surface area contributed by atoms with Gasteiger partial charge in [-0.25, -0.2) is 8.42 Å². The van der Waals surface area contributed by atoms with Crippen LogP contribution in [0.15, 0.2) is 47.4 Å². The van der Waals surface area contributed by atoms with Crippen LogP contribution < -0.4 is 10.1 Å². The van der Waals surface area contributed by atoms with Gasteiger partial charge in [-0.3, -0.25) is 9.69 Å². The minimum atomic E-state index is -3.51. The van der Waals surface area contributed by atoms with Crippen LogP contribution >= 0.6 is 0 Å². The summed E-state index contributed by atoms with van der Waals surface area (Å²) in [5.41, 5.74) is 3.12. The molecule has 0 aromatic heterocycles. The molecule has 1 N–H and O–H groups in total. The van der Waals surface area contributed by atoms with Crippen LogP contribution in [0.25, 0.3) is 0 Å². The molecule has 2 aromatic carbocycles. The molecule has 0 radical (unpaired) electrons. The van der Waals surface area contributed by atoms with Gasteiger partial charge in [0, 0.05) is 32.6 Å². The predicted octanol–water partition coefficient (Wildman–Crippen LogP) is 3.32. The van der Waals surface area contributed by atoms with Gasteiger partial charge in [-0.05, 0) is 80.1 Å². The monoisotopic (exact) mass is 485 g/mol. The summed E-state index contributed by atoms with van der Waals surface area (Å²) in [4.78, 5) is 15.4. The fourth-order valence-corrected chi connectivity index (χ4v) is 6.35. The molecule has 2 aromatic rings. The number of rotatable bonds is 10. The second-order valence-corrected chi connectivity index (χ2v) is 11.1. The van der Waals surface area contributed by atoms with Gasteiger partial charge in [0.2, 0.25) is 15.9 Å². The summed E-state index contributed by atoms with van der Waals surface area (Å²) in [5, 5.41) is 3.04. The maximum Gasteiger partial charge on any atom is 0.243 e. The molecule has 2 saturated heterocycles. The average Bonchev–Trinajstić information content (AvgIpc) is 3.57. The highest BCUT2D eigenvalue weighted by Crippen LogP contribution is 2.27. The minimum Gasteiger partial charge on any atom is -0.496 e. The maximum atomic E-state index is 12.9. The molecular weight excluding hydrogens is 450 g/mol. The van der Waals surface area contributed by atoms with E-state index in [1.165, 1.54) is 22.7 Å². The van der Waals surface area contributed by atoms with Crippen LogP contribution in [-0.4, -0.2) is 56.8 Å². The molecule has 184 valence electrons. The molecule has 2 aliphatic heterocycles. The van der Waals surface area contributed by atoms with Gasteiger partial charge in [0.05, 0.1) is 12.0 Å². The van der Waals surface area contributed by atoms with E-state index in [-0.39, 0.29) is 17.2 Å². The Kier molecular flexibility index (Phi) is 8.24. The van der Waals surface area contributed by atoms with Crippen molar-refractivity contribution in [2.45, 2.75) is 56.5 Å². The van der Waals surface area contributed by atoms with Crippen molar-refractivity contribution >= 4 is 15.9 Å². The largest absolute Gasteiger partial charge is 0.496 e. The van der Waals surface area contributed by atoms with Crippen molar-refractivity contribution in [3.63, 3.8) is 0 Å². The number of carbonyl (C=O) groups excluding carboxylic acids is 1. The summed E-state index contributed by atoms with van der Waals surface area (Å²) in [6.07, 6.45) is 4.96.